The maximum Gasteiger partial charge on any atom is 0.154 e. The molecule has 1 aliphatic heterocycles. The predicted molar refractivity (Wildman–Crippen MR) is 96.7 cm³/mol. The van der Waals surface area contributed by atoms with E-state index in [1.54, 1.807) is 12.1 Å². The summed E-state index contributed by atoms with van der Waals surface area (Å²) in [5.41, 5.74) is 2.83. The second-order valence-electron chi connectivity index (χ2n) is 6.98. The first-order chi connectivity index (χ1) is 12.7. The van der Waals surface area contributed by atoms with Crippen molar-refractivity contribution in [2.24, 2.45) is 7.05 Å². The van der Waals surface area contributed by atoms with Gasteiger partial charge in [0.25, 0.3) is 0 Å². The van der Waals surface area contributed by atoms with Crippen LogP contribution in [0.3, 0.4) is 0 Å². The monoisotopic (exact) mass is 354 g/mol. The molecule has 0 bridgehead atoms. The van der Waals surface area contributed by atoms with E-state index < -0.39 is 0 Å². The number of rotatable bonds is 4. The van der Waals surface area contributed by atoms with Gasteiger partial charge < -0.3 is 4.52 Å². The summed E-state index contributed by atoms with van der Waals surface area (Å²) in [7, 11) is 1.94. The van der Waals surface area contributed by atoms with E-state index in [2.05, 4.69) is 21.4 Å². The van der Waals surface area contributed by atoms with E-state index in [0.29, 0.717) is 0 Å². The maximum atomic E-state index is 13.1. The lowest BCUT2D eigenvalue weighted by Crippen LogP contribution is -2.27. The molecule has 0 N–H and O–H groups in total. The normalized spacial score (nSPS) is 18.8. The van der Waals surface area contributed by atoms with E-state index in [-0.39, 0.29) is 11.9 Å². The molecule has 136 valence electrons. The van der Waals surface area contributed by atoms with Gasteiger partial charge in [-0.05, 0) is 43.7 Å². The van der Waals surface area contributed by atoms with Crippen molar-refractivity contribution in [3.8, 4) is 11.3 Å². The minimum Gasteiger partial charge on any atom is -0.359 e. The molecular formula is C20H23FN4O. The largest absolute Gasteiger partial charge is 0.359 e. The van der Waals surface area contributed by atoms with Crippen molar-refractivity contribution in [2.45, 2.75) is 38.3 Å². The number of hydrogen-bond donors (Lipinski definition) is 0. The van der Waals surface area contributed by atoms with Crippen molar-refractivity contribution in [2.75, 3.05) is 6.54 Å². The molecule has 4 rings (SSSR count). The molecule has 0 unspecified atom stereocenters. The third kappa shape index (κ3) is 3.70. The quantitative estimate of drug-likeness (QED) is 0.700. The second kappa shape index (κ2) is 7.41. The van der Waals surface area contributed by atoms with E-state index in [1.807, 2.05) is 24.0 Å². The molecule has 2 aromatic heterocycles. The molecule has 1 saturated heterocycles. The number of hydrogen-bond acceptors (Lipinski definition) is 4. The van der Waals surface area contributed by atoms with Crippen LogP contribution >= 0.6 is 0 Å². The maximum absolute atomic E-state index is 13.1. The summed E-state index contributed by atoms with van der Waals surface area (Å²) in [6.07, 6.45) is 8.65. The van der Waals surface area contributed by atoms with Gasteiger partial charge in [0.1, 0.15) is 11.5 Å². The van der Waals surface area contributed by atoms with Crippen LogP contribution in [0.4, 0.5) is 4.39 Å². The summed E-state index contributed by atoms with van der Waals surface area (Å²) in [5, 5.41) is 8.50. The van der Waals surface area contributed by atoms with Crippen LogP contribution in [0.15, 0.2) is 47.2 Å². The number of halogens is 1. The Morgan fingerprint density at radius 1 is 1.19 bits per heavy atom. The summed E-state index contributed by atoms with van der Waals surface area (Å²) in [4.78, 5) is 2.46. The lowest BCUT2D eigenvalue weighted by atomic mass is 10.1. The van der Waals surface area contributed by atoms with Gasteiger partial charge in [0, 0.05) is 37.0 Å². The Balaban J connectivity index is 1.57. The van der Waals surface area contributed by atoms with Crippen molar-refractivity contribution in [3.63, 3.8) is 0 Å². The van der Waals surface area contributed by atoms with Crippen molar-refractivity contribution in [1.29, 1.82) is 0 Å². The topological polar surface area (TPSA) is 47.1 Å². The van der Waals surface area contributed by atoms with Crippen LogP contribution in [0.2, 0.25) is 0 Å². The van der Waals surface area contributed by atoms with Crippen LogP contribution < -0.4 is 0 Å². The first-order valence-corrected chi connectivity index (χ1v) is 9.13. The Bertz CT molecular complexity index is 855. The zero-order valence-corrected chi connectivity index (χ0v) is 14.9. The second-order valence-corrected chi connectivity index (χ2v) is 6.98. The van der Waals surface area contributed by atoms with Gasteiger partial charge in [0.05, 0.1) is 12.2 Å². The number of nitrogens with zero attached hydrogens (tertiary/aromatic N) is 4. The van der Waals surface area contributed by atoms with Crippen LogP contribution in [0.1, 0.15) is 43.0 Å². The SMILES string of the molecule is Cn1cc(CN2CCCCC[C@@H]2c2cc(-c3ccc(F)cc3)no2)cn1. The van der Waals surface area contributed by atoms with Crippen molar-refractivity contribution in [3.05, 3.63) is 59.9 Å². The van der Waals surface area contributed by atoms with E-state index in [1.165, 1.54) is 37.0 Å². The molecule has 6 heteroatoms. The molecule has 1 atom stereocenters. The average molecular weight is 354 g/mol. The minimum atomic E-state index is -0.246. The summed E-state index contributed by atoms with van der Waals surface area (Å²) >= 11 is 0. The molecule has 26 heavy (non-hydrogen) atoms. The number of likely N-dealkylation sites (tertiary alicyclic amines) is 1. The zero-order valence-electron chi connectivity index (χ0n) is 14.9. The fourth-order valence-electron chi connectivity index (χ4n) is 3.67. The first-order valence-electron chi connectivity index (χ1n) is 9.13. The molecule has 3 aromatic rings. The average Bonchev–Trinajstić information content (AvgIpc) is 3.21. The molecule has 1 fully saturated rings. The lowest BCUT2D eigenvalue weighted by Gasteiger charge is -2.27. The van der Waals surface area contributed by atoms with Crippen LogP contribution in [0, 0.1) is 5.82 Å². The van der Waals surface area contributed by atoms with Crippen LogP contribution in [-0.4, -0.2) is 26.4 Å². The molecule has 0 amide bonds. The van der Waals surface area contributed by atoms with E-state index >= 15 is 0 Å². The number of benzene rings is 1. The van der Waals surface area contributed by atoms with Gasteiger partial charge in [0.2, 0.25) is 0 Å². The van der Waals surface area contributed by atoms with Crippen molar-refractivity contribution >= 4 is 0 Å². The Hall–Kier alpha value is -2.47. The van der Waals surface area contributed by atoms with Gasteiger partial charge >= 0.3 is 0 Å². The van der Waals surface area contributed by atoms with Gasteiger partial charge in [-0.25, -0.2) is 4.39 Å². The highest BCUT2D eigenvalue weighted by atomic mass is 19.1. The number of aromatic nitrogens is 3. The molecule has 0 aliphatic carbocycles. The van der Waals surface area contributed by atoms with Gasteiger partial charge in [-0.15, -0.1) is 0 Å². The van der Waals surface area contributed by atoms with E-state index in [4.69, 9.17) is 4.52 Å². The summed E-state index contributed by atoms with van der Waals surface area (Å²) in [5.74, 6) is 0.638. The predicted octanol–water partition coefficient (Wildman–Crippen LogP) is 4.33. The van der Waals surface area contributed by atoms with E-state index in [9.17, 15) is 4.39 Å². The van der Waals surface area contributed by atoms with Gasteiger partial charge in [-0.2, -0.15) is 5.10 Å². The third-order valence-corrected chi connectivity index (χ3v) is 5.00. The van der Waals surface area contributed by atoms with Crippen molar-refractivity contribution in [1.82, 2.24) is 19.8 Å². The standard InChI is InChI=1S/C20H23FN4O/c1-24-13-15(12-22-24)14-25-10-4-2-3-5-19(25)20-11-18(23-26-20)16-6-8-17(21)9-7-16/h6-9,11-13,19H,2-5,10,14H2,1H3/t19-/m1/s1. The zero-order chi connectivity index (χ0) is 17.9. The highest BCUT2D eigenvalue weighted by Gasteiger charge is 2.26. The molecule has 1 aliphatic rings. The fourth-order valence-corrected chi connectivity index (χ4v) is 3.67. The molecule has 1 aromatic carbocycles. The Morgan fingerprint density at radius 2 is 2.04 bits per heavy atom. The highest BCUT2D eigenvalue weighted by molar-refractivity contribution is 5.58. The Labute approximate surface area is 152 Å². The minimum absolute atomic E-state index is 0.208. The fraction of sp³-hybridized carbons (Fsp3) is 0.400. The Morgan fingerprint density at radius 3 is 2.81 bits per heavy atom. The van der Waals surface area contributed by atoms with Crippen LogP contribution in [-0.2, 0) is 13.6 Å². The molecule has 0 radical (unpaired) electrons. The van der Waals surface area contributed by atoms with E-state index in [0.717, 1.165) is 36.5 Å². The summed E-state index contributed by atoms with van der Waals surface area (Å²) in [6.45, 7) is 1.89. The molecule has 0 saturated carbocycles. The smallest absolute Gasteiger partial charge is 0.154 e. The van der Waals surface area contributed by atoms with Gasteiger partial charge in [-0.1, -0.05) is 18.0 Å². The summed E-state index contributed by atoms with van der Waals surface area (Å²) < 4.78 is 20.7. The lowest BCUT2D eigenvalue weighted by molar-refractivity contribution is 0.160. The third-order valence-electron chi connectivity index (χ3n) is 5.00. The van der Waals surface area contributed by atoms with Crippen LogP contribution in [0.25, 0.3) is 11.3 Å². The first kappa shape index (κ1) is 17.0. The highest BCUT2D eigenvalue weighted by Crippen LogP contribution is 2.33. The van der Waals surface area contributed by atoms with Crippen LogP contribution in [0.5, 0.6) is 0 Å². The Kier molecular flexibility index (Phi) is 4.84. The molecule has 0 spiro atoms. The van der Waals surface area contributed by atoms with Crippen molar-refractivity contribution < 1.29 is 8.91 Å². The molecule has 5 nitrogen and oxygen atoms in total. The molecule has 3 heterocycles. The number of aryl methyl sites for hydroxylation is 1. The van der Waals surface area contributed by atoms with Gasteiger partial charge in [0.15, 0.2) is 5.76 Å². The molecular weight excluding hydrogens is 331 g/mol. The van der Waals surface area contributed by atoms with Gasteiger partial charge in [-0.3, -0.25) is 9.58 Å². The summed E-state index contributed by atoms with van der Waals surface area (Å²) in [6, 6.07) is 8.57.